The van der Waals surface area contributed by atoms with Gasteiger partial charge in [-0.1, -0.05) is 36.4 Å². The summed E-state index contributed by atoms with van der Waals surface area (Å²) in [5, 5.41) is 0. The van der Waals surface area contributed by atoms with E-state index in [0.29, 0.717) is 11.1 Å². The quantitative estimate of drug-likeness (QED) is 0.0538. The van der Waals surface area contributed by atoms with Crippen LogP contribution in [0.2, 0.25) is 0 Å². The standard InChI is InChI=1S/C41H30N2O11/c1-26(44)51-34-10-4-3-9-33(34)41(49)53-35-17-13-27(21-37(35)50-2)11-15-31(45)23-32(46)16-12-28-14-18-36(52-39(47)29-7-5-19-42-24-29)38(22-28)54-40(48)30-8-6-20-43-25-30/h3-22,24-25H,23H2,1-2H3/b15-11+,16-12+. The van der Waals surface area contributed by atoms with E-state index < -0.39 is 41.9 Å². The molecule has 270 valence electrons. The van der Waals surface area contributed by atoms with Gasteiger partial charge in [-0.3, -0.25) is 24.4 Å². The van der Waals surface area contributed by atoms with Crippen molar-refractivity contribution in [2.75, 3.05) is 7.11 Å². The van der Waals surface area contributed by atoms with Gasteiger partial charge in [-0.25, -0.2) is 14.4 Å². The molecule has 0 N–H and O–H groups in total. The lowest BCUT2D eigenvalue weighted by Crippen LogP contribution is -2.13. The van der Waals surface area contributed by atoms with Crippen molar-refractivity contribution in [3.05, 3.63) is 150 Å². The number of hydrogen-bond donors (Lipinski definition) is 0. The molecule has 3 aromatic carbocycles. The Labute approximate surface area is 308 Å². The van der Waals surface area contributed by atoms with E-state index in [2.05, 4.69) is 9.97 Å². The maximum atomic E-state index is 12.8. The van der Waals surface area contributed by atoms with Crippen LogP contribution >= 0.6 is 0 Å². The average Bonchev–Trinajstić information content (AvgIpc) is 3.18. The molecule has 0 saturated carbocycles. The molecule has 13 heteroatoms. The van der Waals surface area contributed by atoms with Crippen LogP contribution in [0.15, 0.2) is 122 Å². The van der Waals surface area contributed by atoms with Crippen molar-refractivity contribution in [3.8, 4) is 28.7 Å². The van der Waals surface area contributed by atoms with Crippen LogP contribution in [-0.4, -0.2) is 52.5 Å². The minimum Gasteiger partial charge on any atom is -0.493 e. The van der Waals surface area contributed by atoms with E-state index in [9.17, 15) is 28.8 Å². The largest absolute Gasteiger partial charge is 0.493 e. The van der Waals surface area contributed by atoms with Crippen molar-refractivity contribution in [2.24, 2.45) is 0 Å². The Kier molecular flexibility index (Phi) is 12.6. The summed E-state index contributed by atoms with van der Waals surface area (Å²) in [5.74, 6) is -3.72. The minimum atomic E-state index is -0.780. The summed E-state index contributed by atoms with van der Waals surface area (Å²) in [6.45, 7) is 1.21. The number of ether oxygens (including phenoxy) is 5. The van der Waals surface area contributed by atoms with Crippen LogP contribution in [-0.2, 0) is 14.4 Å². The molecule has 0 fully saturated rings. The third-order valence-electron chi connectivity index (χ3n) is 7.19. The molecule has 2 heterocycles. The molecule has 2 aromatic heterocycles. The Hall–Kier alpha value is -7.54. The smallest absolute Gasteiger partial charge is 0.347 e. The number of esters is 4. The highest BCUT2D eigenvalue weighted by atomic mass is 16.6. The predicted molar refractivity (Wildman–Crippen MR) is 193 cm³/mol. The summed E-state index contributed by atoms with van der Waals surface area (Å²) in [7, 11) is 1.37. The number of rotatable bonds is 14. The van der Waals surface area contributed by atoms with Gasteiger partial charge in [0.15, 0.2) is 34.6 Å². The summed E-state index contributed by atoms with van der Waals surface area (Å²) >= 11 is 0. The number of ketones is 2. The minimum absolute atomic E-state index is 0.0343. The van der Waals surface area contributed by atoms with E-state index in [4.69, 9.17) is 23.7 Å². The van der Waals surface area contributed by atoms with E-state index in [1.807, 2.05) is 0 Å². The van der Waals surface area contributed by atoms with E-state index in [-0.39, 0.29) is 45.4 Å². The fourth-order valence-corrected chi connectivity index (χ4v) is 4.65. The molecule has 0 spiro atoms. The Balaban J connectivity index is 1.23. The highest BCUT2D eigenvalue weighted by molar-refractivity contribution is 6.11. The lowest BCUT2D eigenvalue weighted by Gasteiger charge is -2.12. The fraction of sp³-hybridized carbons (Fsp3) is 0.0732. The number of para-hydroxylation sites is 1. The molecular weight excluding hydrogens is 696 g/mol. The molecule has 0 atom stereocenters. The van der Waals surface area contributed by atoms with Crippen LogP contribution in [0, 0.1) is 0 Å². The van der Waals surface area contributed by atoms with Crippen LogP contribution in [0.3, 0.4) is 0 Å². The van der Waals surface area contributed by atoms with Crippen molar-refractivity contribution >= 4 is 47.6 Å². The molecule has 54 heavy (non-hydrogen) atoms. The molecular formula is C41H30N2O11. The first-order valence-corrected chi connectivity index (χ1v) is 16.1. The van der Waals surface area contributed by atoms with Gasteiger partial charge >= 0.3 is 23.9 Å². The lowest BCUT2D eigenvalue weighted by molar-refractivity contribution is -0.132. The number of pyridine rings is 2. The Morgan fingerprint density at radius 3 is 1.61 bits per heavy atom. The number of hydrogen-bond acceptors (Lipinski definition) is 13. The number of methoxy groups -OCH3 is 1. The molecule has 0 saturated heterocycles. The Bertz CT molecular complexity index is 2270. The fourth-order valence-electron chi connectivity index (χ4n) is 4.65. The molecule has 0 bridgehead atoms. The van der Waals surface area contributed by atoms with E-state index in [1.54, 1.807) is 30.3 Å². The molecule has 0 aliphatic rings. The van der Waals surface area contributed by atoms with Crippen LogP contribution in [0.25, 0.3) is 12.2 Å². The highest BCUT2D eigenvalue weighted by Gasteiger charge is 2.19. The summed E-state index contributed by atoms with van der Waals surface area (Å²) in [6, 6.07) is 21.2. The third kappa shape index (κ3) is 10.5. The van der Waals surface area contributed by atoms with Crippen LogP contribution < -0.4 is 23.7 Å². The molecule has 13 nitrogen and oxygen atoms in total. The first kappa shape index (κ1) is 37.7. The van der Waals surface area contributed by atoms with Crippen molar-refractivity contribution in [3.63, 3.8) is 0 Å². The zero-order valence-electron chi connectivity index (χ0n) is 28.8. The summed E-state index contributed by atoms with van der Waals surface area (Å²) in [4.78, 5) is 82.9. The second-order valence-corrected chi connectivity index (χ2v) is 11.1. The summed E-state index contributed by atoms with van der Waals surface area (Å²) in [5.41, 5.74) is 1.28. The SMILES string of the molecule is COc1cc(/C=C/C(=O)CC(=O)/C=C/c2ccc(OC(=O)c3cccnc3)c(OC(=O)c3cccnc3)c2)ccc1OC(=O)c1ccccc1OC(C)=O. The monoisotopic (exact) mass is 726 g/mol. The van der Waals surface area contributed by atoms with Crippen molar-refractivity contribution < 1.29 is 52.5 Å². The molecule has 0 aliphatic heterocycles. The van der Waals surface area contributed by atoms with Crippen molar-refractivity contribution in [1.82, 2.24) is 9.97 Å². The Morgan fingerprint density at radius 2 is 1.07 bits per heavy atom. The zero-order chi connectivity index (χ0) is 38.5. The van der Waals surface area contributed by atoms with Gasteiger partial charge in [0, 0.05) is 31.7 Å². The second kappa shape index (κ2) is 18.1. The summed E-state index contributed by atoms with van der Waals surface area (Å²) < 4.78 is 26.9. The summed E-state index contributed by atoms with van der Waals surface area (Å²) in [6.07, 6.45) is 10.5. The molecule has 0 amide bonds. The van der Waals surface area contributed by atoms with Crippen LogP contribution in [0.1, 0.15) is 55.5 Å². The van der Waals surface area contributed by atoms with Gasteiger partial charge < -0.3 is 23.7 Å². The maximum Gasteiger partial charge on any atom is 0.347 e. The number of nitrogens with zero attached hydrogens (tertiary/aromatic N) is 2. The van der Waals surface area contributed by atoms with E-state index in [1.165, 1.54) is 118 Å². The van der Waals surface area contributed by atoms with Gasteiger partial charge in [0.25, 0.3) is 0 Å². The van der Waals surface area contributed by atoms with Gasteiger partial charge in [-0.2, -0.15) is 0 Å². The number of aromatic nitrogens is 2. The molecule has 5 aromatic rings. The highest BCUT2D eigenvalue weighted by Crippen LogP contribution is 2.32. The van der Waals surface area contributed by atoms with Gasteiger partial charge in [0.1, 0.15) is 11.3 Å². The number of carbonyl (C=O) groups is 6. The van der Waals surface area contributed by atoms with Crippen LogP contribution in [0.5, 0.6) is 28.7 Å². The van der Waals surface area contributed by atoms with Gasteiger partial charge in [0.2, 0.25) is 0 Å². The number of allylic oxidation sites excluding steroid dienone is 2. The van der Waals surface area contributed by atoms with Gasteiger partial charge in [0.05, 0.1) is 24.7 Å². The molecule has 0 radical (unpaired) electrons. The molecule has 5 rings (SSSR count). The van der Waals surface area contributed by atoms with Gasteiger partial charge in [-0.05, 0) is 83.9 Å². The zero-order valence-corrected chi connectivity index (χ0v) is 28.8. The van der Waals surface area contributed by atoms with Gasteiger partial charge in [-0.15, -0.1) is 0 Å². The van der Waals surface area contributed by atoms with Crippen molar-refractivity contribution in [2.45, 2.75) is 13.3 Å². The number of benzene rings is 3. The molecule has 0 aliphatic carbocycles. The predicted octanol–water partition coefficient (Wildman–Crippen LogP) is 6.32. The topological polar surface area (TPSA) is 174 Å². The second-order valence-electron chi connectivity index (χ2n) is 11.1. The average molecular weight is 727 g/mol. The van der Waals surface area contributed by atoms with E-state index >= 15 is 0 Å². The molecule has 0 unspecified atom stereocenters. The Morgan fingerprint density at radius 1 is 0.556 bits per heavy atom. The normalized spacial score (nSPS) is 10.8. The lowest BCUT2D eigenvalue weighted by atomic mass is 10.1. The van der Waals surface area contributed by atoms with Crippen molar-refractivity contribution in [1.29, 1.82) is 0 Å². The van der Waals surface area contributed by atoms with Crippen LogP contribution in [0.4, 0.5) is 0 Å². The number of carbonyl (C=O) groups excluding carboxylic acids is 6. The first-order valence-electron chi connectivity index (χ1n) is 16.1. The third-order valence-corrected chi connectivity index (χ3v) is 7.19. The maximum absolute atomic E-state index is 12.8. The van der Waals surface area contributed by atoms with E-state index in [0.717, 1.165) is 0 Å². The first-order chi connectivity index (χ1) is 26.1.